The molecule has 0 radical (unpaired) electrons. The molecule has 0 aliphatic rings. The number of hydrazine groups is 1. The Labute approximate surface area is 108 Å². The van der Waals surface area contributed by atoms with Gasteiger partial charge in [0.05, 0.1) is 11.5 Å². The van der Waals surface area contributed by atoms with Crippen LogP contribution in [0.25, 0.3) is 0 Å². The first-order valence-corrected chi connectivity index (χ1v) is 6.71. The molecule has 0 aliphatic carbocycles. The zero-order valence-electron chi connectivity index (χ0n) is 9.85. The molecule has 0 saturated carbocycles. The van der Waals surface area contributed by atoms with E-state index in [4.69, 9.17) is 0 Å². The third-order valence-electron chi connectivity index (χ3n) is 2.16. The van der Waals surface area contributed by atoms with E-state index in [-0.39, 0.29) is 23.3 Å². The summed E-state index contributed by atoms with van der Waals surface area (Å²) in [4.78, 5) is 23.3. The van der Waals surface area contributed by atoms with E-state index < -0.39 is 0 Å². The molecular formula is C10H20N2O2S2. The molecule has 0 aliphatic heterocycles. The maximum absolute atomic E-state index is 11.7. The summed E-state index contributed by atoms with van der Waals surface area (Å²) in [6.45, 7) is 4.91. The molecule has 0 bridgehead atoms. The van der Waals surface area contributed by atoms with Gasteiger partial charge in [0.1, 0.15) is 0 Å². The molecule has 0 fully saturated rings. The fourth-order valence-corrected chi connectivity index (χ4v) is 1.66. The van der Waals surface area contributed by atoms with Gasteiger partial charge in [-0.3, -0.25) is 19.6 Å². The highest BCUT2D eigenvalue weighted by atomic mass is 32.1. The molecule has 0 unspecified atom stereocenters. The van der Waals surface area contributed by atoms with Crippen LogP contribution in [0, 0.1) is 0 Å². The maximum Gasteiger partial charge on any atom is 0.250 e. The van der Waals surface area contributed by atoms with Crippen molar-refractivity contribution in [2.24, 2.45) is 0 Å². The van der Waals surface area contributed by atoms with Crippen molar-refractivity contribution in [2.45, 2.75) is 26.7 Å². The van der Waals surface area contributed by atoms with Gasteiger partial charge in [0.25, 0.3) is 11.8 Å². The highest BCUT2D eigenvalue weighted by molar-refractivity contribution is 7.81. The van der Waals surface area contributed by atoms with Gasteiger partial charge in [0.2, 0.25) is 0 Å². The van der Waals surface area contributed by atoms with Crippen LogP contribution in [-0.2, 0) is 9.59 Å². The Hall–Kier alpha value is -0.360. The predicted molar refractivity (Wildman–Crippen MR) is 71.7 cm³/mol. The van der Waals surface area contributed by atoms with Crippen molar-refractivity contribution in [3.8, 4) is 0 Å². The fraction of sp³-hybridized carbons (Fsp3) is 0.800. The lowest BCUT2D eigenvalue weighted by Crippen LogP contribution is -2.51. The van der Waals surface area contributed by atoms with Crippen LogP contribution in [-0.4, -0.2) is 46.4 Å². The molecule has 4 nitrogen and oxygen atoms in total. The second-order valence-corrected chi connectivity index (χ2v) is 3.93. The van der Waals surface area contributed by atoms with E-state index in [2.05, 4.69) is 25.3 Å². The summed E-state index contributed by atoms with van der Waals surface area (Å²) in [5.41, 5.74) is 0. The topological polar surface area (TPSA) is 40.6 Å². The second kappa shape index (κ2) is 8.75. The van der Waals surface area contributed by atoms with Crippen LogP contribution in [0.5, 0.6) is 0 Å². The van der Waals surface area contributed by atoms with E-state index in [1.165, 1.54) is 10.0 Å². The molecule has 0 aromatic heterocycles. The number of carbonyl (C=O) groups is 2. The SMILES string of the molecule is CCCCN(C(=O)CS)N(CC)C(=O)CS. The molecule has 0 rings (SSSR count). The lowest BCUT2D eigenvalue weighted by atomic mass is 10.3. The third kappa shape index (κ3) is 4.65. The van der Waals surface area contributed by atoms with Gasteiger partial charge in [-0.25, -0.2) is 0 Å². The number of unbranched alkanes of at least 4 members (excludes halogenated alkanes) is 1. The Morgan fingerprint density at radius 3 is 1.88 bits per heavy atom. The number of carbonyl (C=O) groups excluding carboxylic acids is 2. The highest BCUT2D eigenvalue weighted by Gasteiger charge is 2.22. The summed E-state index contributed by atoms with van der Waals surface area (Å²) in [6, 6.07) is 0. The van der Waals surface area contributed by atoms with Crippen LogP contribution >= 0.6 is 25.3 Å². The van der Waals surface area contributed by atoms with Crippen LogP contribution in [0.2, 0.25) is 0 Å². The van der Waals surface area contributed by atoms with Crippen molar-refractivity contribution >= 4 is 37.1 Å². The number of thiol groups is 2. The zero-order valence-corrected chi connectivity index (χ0v) is 11.6. The largest absolute Gasteiger partial charge is 0.272 e. The number of nitrogens with zero attached hydrogens (tertiary/aromatic N) is 2. The van der Waals surface area contributed by atoms with Gasteiger partial charge in [-0.2, -0.15) is 25.3 Å². The van der Waals surface area contributed by atoms with E-state index in [1.54, 1.807) is 0 Å². The molecule has 0 aromatic carbocycles. The number of hydrogen-bond acceptors (Lipinski definition) is 4. The van der Waals surface area contributed by atoms with E-state index in [9.17, 15) is 9.59 Å². The average Bonchev–Trinajstić information content (AvgIpc) is 2.32. The van der Waals surface area contributed by atoms with Gasteiger partial charge < -0.3 is 0 Å². The normalized spacial score (nSPS) is 10.0. The third-order valence-corrected chi connectivity index (χ3v) is 2.70. The Kier molecular flexibility index (Phi) is 8.56. The first kappa shape index (κ1) is 15.6. The fourth-order valence-electron chi connectivity index (χ4n) is 1.33. The van der Waals surface area contributed by atoms with Crippen molar-refractivity contribution in [1.82, 2.24) is 10.0 Å². The Bertz CT molecular complexity index is 237. The van der Waals surface area contributed by atoms with Crippen molar-refractivity contribution < 1.29 is 9.59 Å². The molecule has 0 heterocycles. The Morgan fingerprint density at radius 1 is 1.00 bits per heavy atom. The van der Waals surface area contributed by atoms with Crippen molar-refractivity contribution in [1.29, 1.82) is 0 Å². The van der Waals surface area contributed by atoms with Crippen molar-refractivity contribution in [3.63, 3.8) is 0 Å². The van der Waals surface area contributed by atoms with Gasteiger partial charge in [0.15, 0.2) is 0 Å². The van der Waals surface area contributed by atoms with E-state index in [0.29, 0.717) is 13.1 Å². The molecule has 16 heavy (non-hydrogen) atoms. The van der Waals surface area contributed by atoms with E-state index >= 15 is 0 Å². The summed E-state index contributed by atoms with van der Waals surface area (Å²) in [6.07, 6.45) is 1.85. The van der Waals surface area contributed by atoms with Gasteiger partial charge in [-0.1, -0.05) is 13.3 Å². The second-order valence-electron chi connectivity index (χ2n) is 3.30. The molecule has 0 spiro atoms. The molecule has 0 aromatic rings. The minimum atomic E-state index is -0.155. The number of amides is 2. The number of hydrogen-bond donors (Lipinski definition) is 2. The van der Waals surface area contributed by atoms with Crippen molar-refractivity contribution in [2.75, 3.05) is 24.6 Å². The summed E-state index contributed by atoms with van der Waals surface area (Å²) in [7, 11) is 0. The predicted octanol–water partition coefficient (Wildman–Crippen LogP) is 1.24. The van der Waals surface area contributed by atoms with Crippen LogP contribution in [0.15, 0.2) is 0 Å². The Balaban J connectivity index is 4.68. The Morgan fingerprint density at radius 2 is 1.50 bits per heavy atom. The van der Waals surface area contributed by atoms with Gasteiger partial charge in [-0.05, 0) is 13.3 Å². The molecule has 0 N–H and O–H groups in total. The first-order chi connectivity index (χ1) is 7.62. The van der Waals surface area contributed by atoms with Gasteiger partial charge in [-0.15, -0.1) is 0 Å². The highest BCUT2D eigenvalue weighted by Crippen LogP contribution is 2.05. The molecular weight excluding hydrogens is 244 g/mol. The van der Waals surface area contributed by atoms with Crippen LogP contribution in [0.1, 0.15) is 26.7 Å². The van der Waals surface area contributed by atoms with Crippen LogP contribution in [0.4, 0.5) is 0 Å². The monoisotopic (exact) mass is 264 g/mol. The first-order valence-electron chi connectivity index (χ1n) is 5.44. The quantitative estimate of drug-likeness (QED) is 0.560. The zero-order chi connectivity index (χ0) is 12.6. The molecule has 0 atom stereocenters. The average molecular weight is 264 g/mol. The van der Waals surface area contributed by atoms with Crippen LogP contribution in [0.3, 0.4) is 0 Å². The molecule has 2 amide bonds. The summed E-state index contributed by atoms with van der Waals surface area (Å²) >= 11 is 7.90. The van der Waals surface area contributed by atoms with E-state index in [1.807, 2.05) is 13.8 Å². The maximum atomic E-state index is 11.7. The van der Waals surface area contributed by atoms with Crippen LogP contribution < -0.4 is 0 Å². The molecule has 94 valence electrons. The summed E-state index contributed by atoms with van der Waals surface area (Å²) in [5.74, 6) is -0.0815. The molecule has 0 saturated heterocycles. The van der Waals surface area contributed by atoms with Crippen molar-refractivity contribution in [3.05, 3.63) is 0 Å². The minimum Gasteiger partial charge on any atom is -0.272 e. The molecule has 6 heteroatoms. The van der Waals surface area contributed by atoms with Gasteiger partial charge in [0, 0.05) is 13.1 Å². The lowest BCUT2D eigenvalue weighted by molar-refractivity contribution is -0.160. The summed E-state index contributed by atoms with van der Waals surface area (Å²) < 4.78 is 0. The van der Waals surface area contributed by atoms with E-state index in [0.717, 1.165) is 12.8 Å². The standard InChI is InChI=1S/C10H20N2O2S2/c1-3-5-6-12(10(14)8-16)11(4-2)9(13)7-15/h15-16H,3-8H2,1-2H3. The number of rotatable bonds is 6. The lowest BCUT2D eigenvalue weighted by Gasteiger charge is -2.33. The summed E-state index contributed by atoms with van der Waals surface area (Å²) in [5, 5.41) is 2.93. The smallest absolute Gasteiger partial charge is 0.250 e. The van der Waals surface area contributed by atoms with Gasteiger partial charge >= 0.3 is 0 Å². The minimum absolute atomic E-state index is 0.107.